The van der Waals surface area contributed by atoms with Gasteiger partial charge >= 0.3 is 0 Å². The van der Waals surface area contributed by atoms with Crippen molar-refractivity contribution in [1.29, 1.82) is 0 Å². The third kappa shape index (κ3) is 4.19. The number of H-pyrrole nitrogens is 1. The Morgan fingerprint density at radius 2 is 1.69 bits per heavy atom. The molecule has 0 aliphatic carbocycles. The van der Waals surface area contributed by atoms with Gasteiger partial charge in [-0.05, 0) is 48.5 Å². The molecule has 0 amide bonds. The maximum atomic E-state index is 13.5. The number of nitrogens with zero attached hydrogens (tertiary/aromatic N) is 5. The van der Waals surface area contributed by atoms with Gasteiger partial charge in [0.15, 0.2) is 0 Å². The van der Waals surface area contributed by atoms with Gasteiger partial charge in [0.1, 0.15) is 24.0 Å². The largest absolute Gasteiger partial charge is 0.414 e. The number of fused-ring (bicyclic) bond motifs is 2. The molecule has 0 spiro atoms. The van der Waals surface area contributed by atoms with Crippen molar-refractivity contribution in [2.24, 2.45) is 0 Å². The van der Waals surface area contributed by atoms with E-state index >= 15 is 0 Å². The molecule has 172 valence electrons. The number of imidazole rings is 1. The SMILES string of the molecule is O=c1c2ccccc2nc(-c2ccc(F)cc2)n1Cc1nnc(SCc2nc3ccccc3[nH]2)o1. The van der Waals surface area contributed by atoms with E-state index in [9.17, 15) is 9.18 Å². The lowest BCUT2D eigenvalue weighted by molar-refractivity contribution is 0.403. The van der Waals surface area contributed by atoms with E-state index in [1.165, 1.54) is 28.5 Å². The molecule has 6 aromatic rings. The first-order valence-electron chi connectivity index (χ1n) is 10.8. The van der Waals surface area contributed by atoms with Gasteiger partial charge in [-0.2, -0.15) is 0 Å². The van der Waals surface area contributed by atoms with Crippen LogP contribution in [0.4, 0.5) is 4.39 Å². The minimum absolute atomic E-state index is 0.0293. The summed E-state index contributed by atoms with van der Waals surface area (Å²) >= 11 is 1.35. The zero-order valence-corrected chi connectivity index (χ0v) is 19.0. The smallest absolute Gasteiger partial charge is 0.277 e. The number of aromatic amines is 1. The molecule has 10 heteroatoms. The number of nitrogens with one attached hydrogen (secondary N) is 1. The van der Waals surface area contributed by atoms with E-state index in [0.717, 1.165) is 16.9 Å². The summed E-state index contributed by atoms with van der Waals surface area (Å²) in [6, 6.07) is 20.7. The van der Waals surface area contributed by atoms with Crippen LogP contribution in [0.1, 0.15) is 11.7 Å². The summed E-state index contributed by atoms with van der Waals surface area (Å²) in [4.78, 5) is 25.8. The maximum Gasteiger partial charge on any atom is 0.277 e. The van der Waals surface area contributed by atoms with Crippen LogP contribution in [-0.2, 0) is 12.3 Å². The van der Waals surface area contributed by atoms with Crippen LogP contribution in [0.3, 0.4) is 0 Å². The second-order valence-electron chi connectivity index (χ2n) is 7.80. The summed E-state index contributed by atoms with van der Waals surface area (Å²) in [6.45, 7) is 0.0293. The van der Waals surface area contributed by atoms with Crippen molar-refractivity contribution in [3.05, 3.63) is 101 Å². The fourth-order valence-electron chi connectivity index (χ4n) is 3.83. The summed E-state index contributed by atoms with van der Waals surface area (Å²) < 4.78 is 20.8. The highest BCUT2D eigenvalue weighted by Crippen LogP contribution is 2.24. The van der Waals surface area contributed by atoms with Gasteiger partial charge in [0.2, 0.25) is 5.89 Å². The first-order chi connectivity index (χ1) is 17.1. The molecule has 0 aliphatic heterocycles. The average molecular weight is 485 g/mol. The Labute approximate surface area is 201 Å². The quantitative estimate of drug-likeness (QED) is 0.339. The molecular formula is C25H17FN6O2S. The van der Waals surface area contributed by atoms with E-state index in [-0.39, 0.29) is 23.8 Å². The summed E-state index contributed by atoms with van der Waals surface area (Å²) in [5, 5.41) is 9.06. The number of thioether (sulfide) groups is 1. The fraction of sp³-hybridized carbons (Fsp3) is 0.0800. The molecule has 0 bridgehead atoms. The predicted molar refractivity (Wildman–Crippen MR) is 130 cm³/mol. The molecule has 3 aromatic carbocycles. The number of aromatic nitrogens is 6. The van der Waals surface area contributed by atoms with Crippen LogP contribution >= 0.6 is 11.8 Å². The lowest BCUT2D eigenvalue weighted by Crippen LogP contribution is -2.24. The average Bonchev–Trinajstić information content (AvgIpc) is 3.51. The Hall–Kier alpha value is -4.31. The summed E-state index contributed by atoms with van der Waals surface area (Å²) in [5.74, 6) is 1.60. The van der Waals surface area contributed by atoms with Gasteiger partial charge in [0.25, 0.3) is 10.8 Å². The van der Waals surface area contributed by atoms with Crippen molar-refractivity contribution in [3.63, 3.8) is 0 Å². The van der Waals surface area contributed by atoms with E-state index < -0.39 is 0 Å². The topological polar surface area (TPSA) is 102 Å². The van der Waals surface area contributed by atoms with Crippen LogP contribution in [0.15, 0.2) is 87.2 Å². The minimum atomic E-state index is -0.369. The molecule has 1 N–H and O–H groups in total. The normalized spacial score (nSPS) is 11.5. The first-order valence-corrected chi connectivity index (χ1v) is 11.8. The zero-order chi connectivity index (χ0) is 23.8. The molecule has 8 nitrogen and oxygen atoms in total. The number of hydrogen-bond donors (Lipinski definition) is 1. The van der Waals surface area contributed by atoms with Crippen molar-refractivity contribution >= 4 is 33.7 Å². The Morgan fingerprint density at radius 3 is 2.51 bits per heavy atom. The zero-order valence-electron chi connectivity index (χ0n) is 18.2. The molecule has 0 atom stereocenters. The number of para-hydroxylation sites is 3. The van der Waals surface area contributed by atoms with Crippen LogP contribution < -0.4 is 5.56 Å². The van der Waals surface area contributed by atoms with Gasteiger partial charge in [-0.25, -0.2) is 14.4 Å². The van der Waals surface area contributed by atoms with E-state index in [1.54, 1.807) is 30.3 Å². The van der Waals surface area contributed by atoms with Gasteiger partial charge < -0.3 is 9.40 Å². The number of hydrogen-bond acceptors (Lipinski definition) is 7. The number of halogens is 1. The van der Waals surface area contributed by atoms with Crippen LogP contribution in [0, 0.1) is 5.82 Å². The van der Waals surface area contributed by atoms with Crippen LogP contribution in [-0.4, -0.2) is 29.7 Å². The molecule has 0 fully saturated rings. The van der Waals surface area contributed by atoms with Crippen LogP contribution in [0.5, 0.6) is 0 Å². The Morgan fingerprint density at radius 1 is 0.914 bits per heavy atom. The third-order valence-electron chi connectivity index (χ3n) is 5.48. The summed E-state index contributed by atoms with van der Waals surface area (Å²) in [6.07, 6.45) is 0. The molecule has 3 heterocycles. The van der Waals surface area contributed by atoms with Crippen molar-refractivity contribution < 1.29 is 8.81 Å². The Balaban J connectivity index is 1.30. The van der Waals surface area contributed by atoms with Crippen molar-refractivity contribution in [2.75, 3.05) is 0 Å². The second kappa shape index (κ2) is 8.80. The third-order valence-corrected chi connectivity index (χ3v) is 6.31. The fourth-order valence-corrected chi connectivity index (χ4v) is 4.48. The standard InChI is InChI=1S/C25H17FN6O2S/c26-16-11-9-15(10-12-16)23-29-18-6-2-1-5-17(18)24(33)32(23)13-22-30-31-25(34-22)35-14-21-27-19-7-3-4-8-20(19)28-21/h1-12H,13-14H2,(H,27,28). The van der Waals surface area contributed by atoms with E-state index in [2.05, 4.69) is 25.1 Å². The molecule has 35 heavy (non-hydrogen) atoms. The lowest BCUT2D eigenvalue weighted by Gasteiger charge is -2.12. The molecule has 0 saturated heterocycles. The Kier molecular flexibility index (Phi) is 5.34. The van der Waals surface area contributed by atoms with E-state index in [1.807, 2.05) is 30.3 Å². The summed E-state index contributed by atoms with van der Waals surface area (Å²) in [5.41, 5.74) is 2.77. The monoisotopic (exact) mass is 484 g/mol. The van der Waals surface area contributed by atoms with Gasteiger partial charge in [-0.3, -0.25) is 9.36 Å². The number of rotatable bonds is 6. The van der Waals surface area contributed by atoms with Crippen molar-refractivity contribution in [1.82, 2.24) is 29.7 Å². The molecule has 0 unspecified atom stereocenters. The maximum absolute atomic E-state index is 13.5. The summed E-state index contributed by atoms with van der Waals surface area (Å²) in [7, 11) is 0. The first kappa shape index (κ1) is 21.2. The predicted octanol–water partition coefficient (Wildman–Crippen LogP) is 4.80. The second-order valence-corrected chi connectivity index (χ2v) is 8.73. The van der Waals surface area contributed by atoms with Gasteiger partial charge in [0, 0.05) is 5.56 Å². The van der Waals surface area contributed by atoms with Crippen molar-refractivity contribution in [2.45, 2.75) is 17.5 Å². The highest BCUT2D eigenvalue weighted by atomic mass is 32.2. The van der Waals surface area contributed by atoms with Gasteiger partial charge in [-0.15, -0.1) is 10.2 Å². The van der Waals surface area contributed by atoms with E-state index in [0.29, 0.717) is 33.3 Å². The highest BCUT2D eigenvalue weighted by Gasteiger charge is 2.17. The van der Waals surface area contributed by atoms with Crippen LogP contribution in [0.25, 0.3) is 33.3 Å². The molecule has 0 saturated carbocycles. The molecule has 0 radical (unpaired) electrons. The van der Waals surface area contributed by atoms with Crippen LogP contribution in [0.2, 0.25) is 0 Å². The highest BCUT2D eigenvalue weighted by molar-refractivity contribution is 7.98. The molecular weight excluding hydrogens is 467 g/mol. The molecule has 6 rings (SSSR count). The lowest BCUT2D eigenvalue weighted by atomic mass is 10.1. The molecule has 3 aromatic heterocycles. The van der Waals surface area contributed by atoms with Gasteiger partial charge in [-0.1, -0.05) is 36.0 Å². The Bertz CT molecular complexity index is 1690. The minimum Gasteiger partial charge on any atom is -0.414 e. The van der Waals surface area contributed by atoms with E-state index in [4.69, 9.17) is 4.42 Å². The number of benzene rings is 3. The molecule has 0 aliphatic rings. The van der Waals surface area contributed by atoms with Crippen molar-refractivity contribution in [3.8, 4) is 11.4 Å². The van der Waals surface area contributed by atoms with Gasteiger partial charge in [0.05, 0.1) is 27.7 Å².